The van der Waals surface area contributed by atoms with Crippen LogP contribution in [-0.2, 0) is 16.6 Å². The van der Waals surface area contributed by atoms with Gasteiger partial charge in [0.2, 0.25) is 10.0 Å². The van der Waals surface area contributed by atoms with Gasteiger partial charge < -0.3 is 20.5 Å². The molecule has 34 heavy (non-hydrogen) atoms. The Hall–Kier alpha value is -3.37. The van der Waals surface area contributed by atoms with Crippen LogP contribution < -0.4 is 15.5 Å². The Morgan fingerprint density at radius 1 is 1.12 bits per heavy atom. The number of benzene rings is 2. The number of amides is 1. The molecule has 10 heteroatoms. The molecule has 0 atom stereocenters. The zero-order chi connectivity index (χ0) is 24.3. The number of aromatic nitrogens is 2. The van der Waals surface area contributed by atoms with Crippen LogP contribution in [0.15, 0.2) is 53.6 Å². The van der Waals surface area contributed by atoms with Crippen molar-refractivity contribution in [3.63, 3.8) is 0 Å². The van der Waals surface area contributed by atoms with E-state index in [2.05, 4.69) is 20.6 Å². The van der Waals surface area contributed by atoms with Gasteiger partial charge in [0.05, 0.1) is 23.3 Å². The fraction of sp³-hybridized carbons (Fsp3) is 0.333. The third-order valence-corrected chi connectivity index (χ3v) is 7.61. The second-order valence-corrected chi connectivity index (χ2v) is 10.5. The number of rotatable bonds is 8. The third-order valence-electron chi connectivity index (χ3n) is 5.73. The van der Waals surface area contributed by atoms with E-state index >= 15 is 0 Å². The molecule has 3 N–H and O–H groups in total. The number of carbonyl (C=O) groups excluding carboxylic acids is 1. The van der Waals surface area contributed by atoms with Crippen LogP contribution in [0.1, 0.15) is 34.7 Å². The van der Waals surface area contributed by atoms with Crippen molar-refractivity contribution in [3.8, 4) is 0 Å². The number of anilines is 3. The van der Waals surface area contributed by atoms with Crippen molar-refractivity contribution in [2.24, 2.45) is 0 Å². The van der Waals surface area contributed by atoms with Crippen molar-refractivity contribution in [2.75, 3.05) is 42.7 Å². The molecule has 180 valence electrons. The fourth-order valence-corrected chi connectivity index (χ4v) is 5.47. The van der Waals surface area contributed by atoms with E-state index < -0.39 is 10.0 Å². The summed E-state index contributed by atoms with van der Waals surface area (Å²) in [4.78, 5) is 22.5. The van der Waals surface area contributed by atoms with Gasteiger partial charge in [0.15, 0.2) is 0 Å². The van der Waals surface area contributed by atoms with Gasteiger partial charge in [-0.3, -0.25) is 4.79 Å². The lowest BCUT2D eigenvalue weighted by atomic mass is 10.1. The van der Waals surface area contributed by atoms with Crippen molar-refractivity contribution >= 4 is 33.0 Å². The van der Waals surface area contributed by atoms with E-state index in [1.165, 1.54) is 10.4 Å². The van der Waals surface area contributed by atoms with Crippen LogP contribution in [0.4, 0.5) is 17.1 Å². The molecule has 0 radical (unpaired) electrons. The predicted molar refractivity (Wildman–Crippen MR) is 134 cm³/mol. The molecule has 1 amide bonds. The number of hydrogen-bond acceptors (Lipinski definition) is 6. The molecule has 2 aromatic carbocycles. The predicted octanol–water partition coefficient (Wildman–Crippen LogP) is 3.43. The molecule has 9 nitrogen and oxygen atoms in total. The van der Waals surface area contributed by atoms with Gasteiger partial charge in [-0.2, -0.15) is 4.31 Å². The van der Waals surface area contributed by atoms with Gasteiger partial charge in [0, 0.05) is 49.8 Å². The Kier molecular flexibility index (Phi) is 6.90. The van der Waals surface area contributed by atoms with Gasteiger partial charge in [-0.15, -0.1) is 0 Å². The molecule has 0 bridgehead atoms. The van der Waals surface area contributed by atoms with Gasteiger partial charge in [-0.05, 0) is 56.2 Å². The van der Waals surface area contributed by atoms with Crippen molar-refractivity contribution < 1.29 is 13.2 Å². The number of carbonyl (C=O) groups is 1. The van der Waals surface area contributed by atoms with Gasteiger partial charge in [0.1, 0.15) is 5.82 Å². The standard InChI is InChI=1S/C24H30N6O3S/c1-17-25-15-21(27-17)16-26-20-11-18(12-23(14-20)34(32,33)30-9-4-5-10-30)24(31)28-19-7-6-8-22(13-19)29(2)3/h6-8,11-15,26H,4-5,9-10,16H2,1-3H3,(H,25,27)(H,28,31). The number of aromatic amines is 1. The fourth-order valence-electron chi connectivity index (χ4n) is 3.88. The summed E-state index contributed by atoms with van der Waals surface area (Å²) in [5.41, 5.74) is 3.24. The first-order valence-corrected chi connectivity index (χ1v) is 12.6. The highest BCUT2D eigenvalue weighted by atomic mass is 32.2. The Labute approximate surface area is 200 Å². The first kappa shape index (κ1) is 23.8. The summed E-state index contributed by atoms with van der Waals surface area (Å²) in [7, 11) is 0.146. The Balaban J connectivity index is 1.64. The maximum atomic E-state index is 13.3. The molecule has 1 saturated heterocycles. The molecule has 3 aromatic rings. The normalized spacial score (nSPS) is 14.2. The number of hydrogen-bond donors (Lipinski definition) is 3. The lowest BCUT2D eigenvalue weighted by molar-refractivity contribution is 0.102. The summed E-state index contributed by atoms with van der Waals surface area (Å²) in [6.45, 7) is 3.26. The van der Waals surface area contributed by atoms with E-state index in [1.54, 1.807) is 24.4 Å². The van der Waals surface area contributed by atoms with Gasteiger partial charge in [-0.1, -0.05) is 6.07 Å². The molecular weight excluding hydrogens is 452 g/mol. The number of H-pyrrole nitrogens is 1. The average Bonchev–Trinajstić information content (AvgIpc) is 3.50. The third kappa shape index (κ3) is 5.40. The Morgan fingerprint density at radius 2 is 1.88 bits per heavy atom. The number of nitrogens with zero attached hydrogens (tertiary/aromatic N) is 3. The summed E-state index contributed by atoms with van der Waals surface area (Å²) in [6.07, 6.45) is 3.40. The van der Waals surface area contributed by atoms with E-state index in [0.29, 0.717) is 31.0 Å². The van der Waals surface area contributed by atoms with E-state index in [4.69, 9.17) is 0 Å². The summed E-state index contributed by atoms with van der Waals surface area (Å²) < 4.78 is 28.0. The van der Waals surface area contributed by atoms with Crippen molar-refractivity contribution in [1.82, 2.24) is 14.3 Å². The molecule has 1 aliphatic heterocycles. The molecule has 0 unspecified atom stereocenters. The topological polar surface area (TPSA) is 110 Å². The SMILES string of the molecule is Cc1ncc(CNc2cc(C(=O)Nc3cccc(N(C)C)c3)cc(S(=O)(=O)N3CCCC3)c2)[nH]1. The Bertz CT molecular complexity index is 1280. The molecule has 1 fully saturated rings. The number of sulfonamides is 1. The minimum Gasteiger partial charge on any atom is -0.379 e. The summed E-state index contributed by atoms with van der Waals surface area (Å²) in [6, 6.07) is 12.2. The maximum Gasteiger partial charge on any atom is 0.255 e. The van der Waals surface area contributed by atoms with Crippen molar-refractivity contribution in [1.29, 1.82) is 0 Å². The second-order valence-electron chi connectivity index (χ2n) is 8.60. The van der Waals surface area contributed by atoms with Crippen molar-refractivity contribution in [3.05, 3.63) is 65.7 Å². The minimum absolute atomic E-state index is 0.104. The van der Waals surface area contributed by atoms with E-state index in [-0.39, 0.29) is 16.4 Å². The summed E-state index contributed by atoms with van der Waals surface area (Å²) in [5.74, 6) is 0.414. The van der Waals surface area contributed by atoms with Gasteiger partial charge >= 0.3 is 0 Å². The van der Waals surface area contributed by atoms with E-state index in [0.717, 1.165) is 30.0 Å². The van der Waals surface area contributed by atoms with Crippen LogP contribution in [0.5, 0.6) is 0 Å². The Morgan fingerprint density at radius 3 is 2.56 bits per heavy atom. The van der Waals surface area contributed by atoms with Crippen LogP contribution >= 0.6 is 0 Å². The number of nitrogens with one attached hydrogen (secondary N) is 3. The van der Waals surface area contributed by atoms with Crippen LogP contribution in [0.25, 0.3) is 0 Å². The largest absolute Gasteiger partial charge is 0.379 e. The average molecular weight is 483 g/mol. The lowest BCUT2D eigenvalue weighted by Crippen LogP contribution is -2.28. The number of aryl methyl sites for hydroxylation is 1. The molecule has 2 heterocycles. The highest BCUT2D eigenvalue weighted by molar-refractivity contribution is 7.89. The van der Waals surface area contributed by atoms with Crippen LogP contribution in [0.3, 0.4) is 0 Å². The van der Waals surface area contributed by atoms with Crippen molar-refractivity contribution in [2.45, 2.75) is 31.2 Å². The first-order valence-electron chi connectivity index (χ1n) is 11.2. The second kappa shape index (κ2) is 9.86. The zero-order valence-electron chi connectivity index (χ0n) is 19.6. The highest BCUT2D eigenvalue weighted by Gasteiger charge is 2.28. The number of imidazole rings is 1. The van der Waals surface area contributed by atoms with E-state index in [1.807, 2.05) is 44.1 Å². The molecular formula is C24H30N6O3S. The molecule has 0 saturated carbocycles. The smallest absolute Gasteiger partial charge is 0.255 e. The van der Waals surface area contributed by atoms with Crippen LogP contribution in [0.2, 0.25) is 0 Å². The molecule has 4 rings (SSSR count). The monoisotopic (exact) mass is 482 g/mol. The van der Waals surface area contributed by atoms with Gasteiger partial charge in [-0.25, -0.2) is 13.4 Å². The summed E-state index contributed by atoms with van der Waals surface area (Å²) >= 11 is 0. The van der Waals surface area contributed by atoms with Crippen LogP contribution in [-0.4, -0.2) is 55.8 Å². The molecule has 0 aliphatic carbocycles. The highest BCUT2D eigenvalue weighted by Crippen LogP contribution is 2.26. The van der Waals surface area contributed by atoms with E-state index in [9.17, 15) is 13.2 Å². The van der Waals surface area contributed by atoms with Crippen LogP contribution in [0, 0.1) is 6.92 Å². The summed E-state index contributed by atoms with van der Waals surface area (Å²) in [5, 5.41) is 6.11. The quantitative estimate of drug-likeness (QED) is 0.454. The maximum absolute atomic E-state index is 13.3. The minimum atomic E-state index is -3.70. The first-order chi connectivity index (χ1) is 16.2. The zero-order valence-corrected chi connectivity index (χ0v) is 20.4. The molecule has 0 spiro atoms. The van der Waals surface area contributed by atoms with Gasteiger partial charge in [0.25, 0.3) is 5.91 Å². The molecule has 1 aromatic heterocycles. The lowest BCUT2D eigenvalue weighted by Gasteiger charge is -2.18. The molecule has 1 aliphatic rings.